The van der Waals surface area contributed by atoms with Gasteiger partial charge in [-0.1, -0.05) is 30.3 Å². The monoisotopic (exact) mass is 229 g/mol. The Kier molecular flexibility index (Phi) is 2.98. The van der Waals surface area contributed by atoms with E-state index in [1.165, 1.54) is 12.1 Å². The Hall–Kier alpha value is -1.15. The number of benzene rings is 1. The SMILES string of the molecule is O=C1CC[C@H]2CN(Cc3ccccc3)C[C@@H]2C1. The second-order valence-electron chi connectivity index (χ2n) is 5.48. The van der Waals surface area contributed by atoms with Crippen molar-refractivity contribution < 1.29 is 4.79 Å². The molecule has 0 N–H and O–H groups in total. The van der Waals surface area contributed by atoms with Crippen LogP contribution < -0.4 is 0 Å². The number of ketones is 1. The fourth-order valence-electron chi connectivity index (χ4n) is 3.31. The molecule has 1 saturated carbocycles. The van der Waals surface area contributed by atoms with Gasteiger partial charge in [0.15, 0.2) is 0 Å². The van der Waals surface area contributed by atoms with Gasteiger partial charge in [0, 0.05) is 32.5 Å². The van der Waals surface area contributed by atoms with Crippen LogP contribution >= 0.6 is 0 Å². The largest absolute Gasteiger partial charge is 0.300 e. The summed E-state index contributed by atoms with van der Waals surface area (Å²) >= 11 is 0. The zero-order valence-corrected chi connectivity index (χ0v) is 10.1. The van der Waals surface area contributed by atoms with Crippen LogP contribution in [-0.4, -0.2) is 23.8 Å². The third-order valence-electron chi connectivity index (χ3n) is 4.18. The van der Waals surface area contributed by atoms with Crippen LogP contribution in [0.3, 0.4) is 0 Å². The molecule has 2 aliphatic rings. The Morgan fingerprint density at radius 1 is 1.12 bits per heavy atom. The number of Topliss-reactive ketones (excluding diaryl/α,β-unsaturated/α-hetero) is 1. The predicted molar refractivity (Wildman–Crippen MR) is 67.6 cm³/mol. The molecule has 3 rings (SSSR count). The maximum Gasteiger partial charge on any atom is 0.133 e. The predicted octanol–water partition coefficient (Wildman–Crippen LogP) is 2.49. The topological polar surface area (TPSA) is 20.3 Å². The lowest BCUT2D eigenvalue weighted by molar-refractivity contribution is -0.122. The molecule has 0 amide bonds. The second kappa shape index (κ2) is 4.61. The van der Waals surface area contributed by atoms with E-state index < -0.39 is 0 Å². The smallest absolute Gasteiger partial charge is 0.133 e. The molecule has 2 nitrogen and oxygen atoms in total. The van der Waals surface area contributed by atoms with Crippen LogP contribution in [0.2, 0.25) is 0 Å². The Morgan fingerprint density at radius 2 is 1.88 bits per heavy atom. The molecule has 2 atom stereocenters. The van der Waals surface area contributed by atoms with E-state index in [1.54, 1.807) is 0 Å². The maximum atomic E-state index is 11.5. The number of rotatable bonds is 2. The van der Waals surface area contributed by atoms with E-state index in [1.807, 2.05) is 0 Å². The summed E-state index contributed by atoms with van der Waals surface area (Å²) in [7, 11) is 0. The van der Waals surface area contributed by atoms with Gasteiger partial charge >= 0.3 is 0 Å². The lowest BCUT2D eigenvalue weighted by atomic mass is 9.81. The highest BCUT2D eigenvalue weighted by molar-refractivity contribution is 5.79. The van der Waals surface area contributed by atoms with Crippen LogP contribution in [0.4, 0.5) is 0 Å². The van der Waals surface area contributed by atoms with E-state index in [2.05, 4.69) is 35.2 Å². The molecular weight excluding hydrogens is 210 g/mol. The van der Waals surface area contributed by atoms with Crippen molar-refractivity contribution in [3.8, 4) is 0 Å². The lowest BCUT2D eigenvalue weighted by Crippen LogP contribution is -2.23. The van der Waals surface area contributed by atoms with E-state index in [9.17, 15) is 4.79 Å². The Labute approximate surface area is 103 Å². The number of likely N-dealkylation sites (tertiary alicyclic amines) is 1. The van der Waals surface area contributed by atoms with Gasteiger partial charge in [0.2, 0.25) is 0 Å². The molecule has 1 aromatic carbocycles. The van der Waals surface area contributed by atoms with Gasteiger partial charge in [0.25, 0.3) is 0 Å². The van der Waals surface area contributed by atoms with E-state index in [4.69, 9.17) is 0 Å². The minimum atomic E-state index is 0.479. The molecule has 0 radical (unpaired) electrons. The van der Waals surface area contributed by atoms with Gasteiger partial charge in [-0.2, -0.15) is 0 Å². The average Bonchev–Trinajstić information content (AvgIpc) is 2.71. The molecule has 1 heterocycles. The summed E-state index contributed by atoms with van der Waals surface area (Å²) in [5.41, 5.74) is 1.39. The van der Waals surface area contributed by atoms with Gasteiger partial charge in [-0.25, -0.2) is 0 Å². The summed E-state index contributed by atoms with van der Waals surface area (Å²) in [6.07, 6.45) is 2.77. The van der Waals surface area contributed by atoms with Crippen molar-refractivity contribution in [2.45, 2.75) is 25.8 Å². The van der Waals surface area contributed by atoms with E-state index >= 15 is 0 Å². The fourth-order valence-corrected chi connectivity index (χ4v) is 3.31. The van der Waals surface area contributed by atoms with Crippen molar-refractivity contribution in [1.29, 1.82) is 0 Å². The third kappa shape index (κ3) is 2.42. The Morgan fingerprint density at radius 3 is 2.71 bits per heavy atom. The standard InChI is InChI=1S/C15H19NO/c17-15-7-6-13-10-16(11-14(13)8-15)9-12-4-2-1-3-5-12/h1-5,13-14H,6-11H2/t13-,14-/m0/s1. The number of fused-ring (bicyclic) bond motifs is 1. The zero-order valence-electron chi connectivity index (χ0n) is 10.1. The molecular formula is C15H19NO. The first-order valence-corrected chi connectivity index (χ1v) is 6.59. The van der Waals surface area contributed by atoms with Crippen LogP contribution in [-0.2, 0) is 11.3 Å². The molecule has 1 aliphatic carbocycles. The Bertz CT molecular complexity index is 401. The van der Waals surface area contributed by atoms with E-state index in [0.717, 1.165) is 38.3 Å². The lowest BCUT2D eigenvalue weighted by Gasteiger charge is -2.22. The van der Waals surface area contributed by atoms with Crippen LogP contribution in [0.15, 0.2) is 30.3 Å². The average molecular weight is 229 g/mol. The zero-order chi connectivity index (χ0) is 11.7. The number of nitrogens with zero attached hydrogens (tertiary/aromatic N) is 1. The van der Waals surface area contributed by atoms with Crippen molar-refractivity contribution >= 4 is 5.78 Å². The van der Waals surface area contributed by atoms with E-state index in [-0.39, 0.29) is 0 Å². The van der Waals surface area contributed by atoms with Gasteiger partial charge < -0.3 is 0 Å². The summed E-state index contributed by atoms with van der Waals surface area (Å²) in [6, 6.07) is 10.6. The number of carbonyl (C=O) groups excluding carboxylic acids is 1. The van der Waals surface area contributed by atoms with Gasteiger partial charge in [-0.15, -0.1) is 0 Å². The molecule has 2 fully saturated rings. The van der Waals surface area contributed by atoms with Crippen LogP contribution in [0.1, 0.15) is 24.8 Å². The summed E-state index contributed by atoms with van der Waals surface area (Å²) in [5, 5.41) is 0. The third-order valence-corrected chi connectivity index (χ3v) is 4.18. The molecule has 0 bridgehead atoms. The first-order valence-electron chi connectivity index (χ1n) is 6.59. The van der Waals surface area contributed by atoms with Crippen molar-refractivity contribution in [3.63, 3.8) is 0 Å². The van der Waals surface area contributed by atoms with Gasteiger partial charge in [-0.05, 0) is 23.8 Å². The van der Waals surface area contributed by atoms with Crippen molar-refractivity contribution in [2.75, 3.05) is 13.1 Å². The van der Waals surface area contributed by atoms with Crippen molar-refractivity contribution in [1.82, 2.24) is 4.90 Å². The summed E-state index contributed by atoms with van der Waals surface area (Å²) < 4.78 is 0. The molecule has 0 aromatic heterocycles. The Balaban J connectivity index is 1.62. The molecule has 1 aromatic rings. The van der Waals surface area contributed by atoms with Crippen molar-refractivity contribution in [3.05, 3.63) is 35.9 Å². The molecule has 0 unspecified atom stereocenters. The minimum absolute atomic E-state index is 0.479. The summed E-state index contributed by atoms with van der Waals surface area (Å²) in [4.78, 5) is 14.0. The molecule has 90 valence electrons. The second-order valence-corrected chi connectivity index (χ2v) is 5.48. The fraction of sp³-hybridized carbons (Fsp3) is 0.533. The molecule has 1 saturated heterocycles. The molecule has 0 spiro atoms. The van der Waals surface area contributed by atoms with Gasteiger partial charge in [0.05, 0.1) is 0 Å². The summed E-state index contributed by atoms with van der Waals surface area (Å²) in [6.45, 7) is 3.35. The first kappa shape index (κ1) is 11.0. The van der Waals surface area contributed by atoms with Crippen molar-refractivity contribution in [2.24, 2.45) is 11.8 Å². The molecule has 1 aliphatic heterocycles. The number of hydrogen-bond donors (Lipinski definition) is 0. The van der Waals surface area contributed by atoms with Gasteiger partial charge in [-0.3, -0.25) is 9.69 Å². The molecule has 2 heteroatoms. The molecule has 17 heavy (non-hydrogen) atoms. The van der Waals surface area contributed by atoms with Crippen LogP contribution in [0.5, 0.6) is 0 Å². The quantitative estimate of drug-likeness (QED) is 0.776. The van der Waals surface area contributed by atoms with Crippen LogP contribution in [0.25, 0.3) is 0 Å². The highest BCUT2D eigenvalue weighted by atomic mass is 16.1. The van der Waals surface area contributed by atoms with Gasteiger partial charge in [0.1, 0.15) is 5.78 Å². The first-order chi connectivity index (χ1) is 8.31. The number of hydrogen-bond acceptors (Lipinski definition) is 2. The maximum absolute atomic E-state index is 11.5. The highest BCUT2D eigenvalue weighted by Gasteiger charge is 2.36. The van der Waals surface area contributed by atoms with Crippen LogP contribution in [0, 0.1) is 11.8 Å². The summed E-state index contributed by atoms with van der Waals surface area (Å²) in [5.74, 6) is 1.89. The normalized spacial score (nSPS) is 29.3. The van der Waals surface area contributed by atoms with E-state index in [0.29, 0.717) is 11.7 Å². The number of carbonyl (C=O) groups is 1. The minimum Gasteiger partial charge on any atom is -0.300 e. The highest BCUT2D eigenvalue weighted by Crippen LogP contribution is 2.35.